The van der Waals surface area contributed by atoms with E-state index in [1.54, 1.807) is 18.3 Å². The van der Waals surface area contributed by atoms with Crippen LogP contribution in [0.3, 0.4) is 0 Å². The van der Waals surface area contributed by atoms with Gasteiger partial charge >= 0.3 is 7.12 Å². The minimum Gasteiger partial charge on any atom is -0.535 e. The number of hydrogen-bond donors (Lipinski definition) is 3. The second-order valence-electron chi connectivity index (χ2n) is 6.71. The quantitative estimate of drug-likeness (QED) is 0.254. The summed E-state index contributed by atoms with van der Waals surface area (Å²) in [4.78, 5) is 28.0. The number of Topliss-reactive ketones (excluding diaryl/α,β-unsaturated/α-hetero) is 2. The lowest BCUT2D eigenvalue weighted by Crippen LogP contribution is -2.36. The van der Waals surface area contributed by atoms with Gasteiger partial charge in [-0.3, -0.25) is 9.59 Å². The SMILES string of the molecule is CC(=O)c1cccc2c1OB(O)[C@@H](CC(=O)Cn1cc(CN=C(N)N)nn1)C2. The average molecular weight is 384 g/mol. The van der Waals surface area contributed by atoms with E-state index in [2.05, 4.69) is 15.3 Å². The van der Waals surface area contributed by atoms with Crippen LogP contribution >= 0.6 is 0 Å². The highest BCUT2D eigenvalue weighted by Crippen LogP contribution is 2.36. The van der Waals surface area contributed by atoms with Crippen LogP contribution < -0.4 is 16.1 Å². The van der Waals surface area contributed by atoms with Gasteiger partial charge in [-0.25, -0.2) is 9.67 Å². The minimum atomic E-state index is -1.16. The topological polar surface area (TPSA) is 159 Å². The number of hydrogen-bond acceptors (Lipinski definition) is 7. The third kappa shape index (κ3) is 4.55. The van der Waals surface area contributed by atoms with E-state index in [4.69, 9.17) is 16.1 Å². The molecule has 0 aliphatic carbocycles. The molecule has 1 atom stereocenters. The molecule has 1 aromatic carbocycles. The fourth-order valence-electron chi connectivity index (χ4n) is 3.13. The fraction of sp³-hybridized carbons (Fsp3) is 0.353. The highest BCUT2D eigenvalue weighted by Gasteiger charge is 2.37. The van der Waals surface area contributed by atoms with Gasteiger partial charge in [0.15, 0.2) is 17.5 Å². The van der Waals surface area contributed by atoms with Crippen molar-refractivity contribution in [2.75, 3.05) is 0 Å². The van der Waals surface area contributed by atoms with E-state index in [0.717, 1.165) is 5.56 Å². The molecular formula is C17H21BN6O4. The Hall–Kier alpha value is -3.21. The second kappa shape index (κ2) is 8.22. The summed E-state index contributed by atoms with van der Waals surface area (Å²) >= 11 is 0. The van der Waals surface area contributed by atoms with Gasteiger partial charge in [0.05, 0.1) is 18.3 Å². The van der Waals surface area contributed by atoms with Crippen molar-refractivity contribution in [3.63, 3.8) is 0 Å². The van der Waals surface area contributed by atoms with Crippen LogP contribution in [0, 0.1) is 0 Å². The standard InChI is InChI=1S/C17H21BN6O4/c1-10(25)15-4-2-3-11-5-12(18(27)28-16(11)15)6-14(26)9-24-8-13(22-23-24)7-21-17(19)20/h2-4,8,12,27H,5-7,9H2,1H3,(H4,19,20,21)/t12-/m1/s1. The average Bonchev–Trinajstić information content (AvgIpc) is 3.07. The van der Waals surface area contributed by atoms with Gasteiger partial charge in [0, 0.05) is 12.2 Å². The Balaban J connectivity index is 1.63. The maximum absolute atomic E-state index is 12.4. The van der Waals surface area contributed by atoms with Crippen molar-refractivity contribution >= 4 is 24.6 Å². The summed E-state index contributed by atoms with van der Waals surface area (Å²) in [5, 5.41) is 18.1. The number of ketones is 2. The van der Waals surface area contributed by atoms with Crippen LogP contribution in [0.15, 0.2) is 29.4 Å². The maximum Gasteiger partial charge on any atom is 0.526 e. The molecule has 1 aliphatic rings. The Morgan fingerprint density at radius 2 is 2.21 bits per heavy atom. The van der Waals surface area contributed by atoms with Crippen molar-refractivity contribution < 1.29 is 19.3 Å². The molecule has 0 fully saturated rings. The molecule has 0 bridgehead atoms. The normalized spacial score (nSPS) is 15.5. The summed E-state index contributed by atoms with van der Waals surface area (Å²) in [6, 6.07) is 5.26. The molecule has 1 aliphatic heterocycles. The van der Waals surface area contributed by atoms with Crippen LogP contribution in [0.1, 0.15) is 35.0 Å². The van der Waals surface area contributed by atoms with Gasteiger partial charge in [-0.15, -0.1) is 5.10 Å². The van der Waals surface area contributed by atoms with E-state index in [9.17, 15) is 14.6 Å². The van der Waals surface area contributed by atoms with Gasteiger partial charge < -0.3 is 21.1 Å². The zero-order valence-electron chi connectivity index (χ0n) is 15.4. The van der Waals surface area contributed by atoms with Gasteiger partial charge in [0.25, 0.3) is 0 Å². The molecule has 0 unspecified atom stereocenters. The Labute approximate surface area is 161 Å². The molecule has 146 valence electrons. The molecule has 0 amide bonds. The molecule has 3 rings (SSSR count). The summed E-state index contributed by atoms with van der Waals surface area (Å²) in [5.41, 5.74) is 12.3. The molecule has 2 heterocycles. The van der Waals surface area contributed by atoms with Crippen LogP contribution in [0.5, 0.6) is 5.75 Å². The van der Waals surface area contributed by atoms with Crippen molar-refractivity contribution in [2.45, 2.75) is 38.7 Å². The van der Waals surface area contributed by atoms with E-state index in [0.29, 0.717) is 23.4 Å². The van der Waals surface area contributed by atoms with Crippen LogP contribution in [0.25, 0.3) is 0 Å². The largest absolute Gasteiger partial charge is 0.535 e. The number of para-hydroxylation sites is 1. The van der Waals surface area contributed by atoms with E-state index in [1.165, 1.54) is 11.6 Å². The number of carbonyl (C=O) groups is 2. The summed E-state index contributed by atoms with van der Waals surface area (Å²) in [6.07, 6.45) is 2.14. The van der Waals surface area contributed by atoms with Crippen LogP contribution in [-0.4, -0.2) is 44.7 Å². The zero-order chi connectivity index (χ0) is 20.3. The molecule has 0 spiro atoms. The predicted octanol–water partition coefficient (Wildman–Crippen LogP) is -0.301. The number of aromatic nitrogens is 3. The first kappa shape index (κ1) is 19.6. The number of rotatable bonds is 7. The highest BCUT2D eigenvalue weighted by atomic mass is 16.5. The molecular weight excluding hydrogens is 363 g/mol. The third-order valence-corrected chi connectivity index (χ3v) is 4.44. The lowest BCUT2D eigenvalue weighted by molar-refractivity contribution is -0.120. The maximum atomic E-state index is 12.4. The molecule has 2 aromatic rings. The van der Waals surface area contributed by atoms with E-state index in [-0.39, 0.29) is 37.0 Å². The van der Waals surface area contributed by atoms with E-state index in [1.807, 2.05) is 6.07 Å². The van der Waals surface area contributed by atoms with Gasteiger partial charge in [0.2, 0.25) is 0 Å². The number of nitrogens with zero attached hydrogens (tertiary/aromatic N) is 4. The highest BCUT2D eigenvalue weighted by molar-refractivity contribution is 6.47. The van der Waals surface area contributed by atoms with Crippen molar-refractivity contribution in [1.29, 1.82) is 0 Å². The van der Waals surface area contributed by atoms with Crippen molar-refractivity contribution in [2.24, 2.45) is 16.5 Å². The zero-order valence-corrected chi connectivity index (χ0v) is 15.4. The minimum absolute atomic E-state index is 0.0123. The monoisotopic (exact) mass is 384 g/mol. The van der Waals surface area contributed by atoms with Gasteiger partial charge in [-0.2, -0.15) is 0 Å². The summed E-state index contributed by atoms with van der Waals surface area (Å²) in [5.74, 6) is -0.331. The molecule has 10 nitrogen and oxygen atoms in total. The Bertz CT molecular complexity index is 924. The smallest absolute Gasteiger partial charge is 0.526 e. The fourth-order valence-corrected chi connectivity index (χ4v) is 3.13. The first-order valence-electron chi connectivity index (χ1n) is 8.77. The third-order valence-electron chi connectivity index (χ3n) is 4.44. The van der Waals surface area contributed by atoms with Crippen LogP contribution in [-0.2, 0) is 24.3 Å². The Morgan fingerprint density at radius 1 is 1.43 bits per heavy atom. The molecule has 5 N–H and O–H groups in total. The molecule has 0 saturated carbocycles. The Kier molecular flexibility index (Phi) is 5.74. The first-order chi connectivity index (χ1) is 13.3. The molecule has 11 heteroatoms. The number of guanidine groups is 1. The summed E-state index contributed by atoms with van der Waals surface area (Å²) < 4.78 is 6.96. The van der Waals surface area contributed by atoms with Crippen molar-refractivity contribution in [3.8, 4) is 5.75 Å². The lowest BCUT2D eigenvalue weighted by atomic mass is 9.64. The summed E-state index contributed by atoms with van der Waals surface area (Å²) in [7, 11) is -1.16. The number of benzene rings is 1. The predicted molar refractivity (Wildman–Crippen MR) is 102 cm³/mol. The van der Waals surface area contributed by atoms with E-state index < -0.39 is 12.9 Å². The number of carbonyl (C=O) groups excluding carboxylic acids is 2. The number of nitrogens with two attached hydrogens (primary N) is 2. The van der Waals surface area contributed by atoms with Crippen molar-refractivity contribution in [1.82, 2.24) is 15.0 Å². The van der Waals surface area contributed by atoms with Crippen LogP contribution in [0.2, 0.25) is 5.82 Å². The van der Waals surface area contributed by atoms with Gasteiger partial charge in [-0.05, 0) is 25.0 Å². The van der Waals surface area contributed by atoms with Gasteiger partial charge in [0.1, 0.15) is 18.0 Å². The lowest BCUT2D eigenvalue weighted by Gasteiger charge is -2.28. The van der Waals surface area contributed by atoms with Gasteiger partial charge in [-0.1, -0.05) is 17.3 Å². The number of aliphatic imine (C=N–C) groups is 1. The molecule has 28 heavy (non-hydrogen) atoms. The Morgan fingerprint density at radius 3 is 2.93 bits per heavy atom. The van der Waals surface area contributed by atoms with E-state index >= 15 is 0 Å². The summed E-state index contributed by atoms with van der Waals surface area (Å²) in [6.45, 7) is 1.64. The molecule has 0 saturated heterocycles. The molecule has 0 radical (unpaired) electrons. The van der Waals surface area contributed by atoms with Crippen molar-refractivity contribution in [3.05, 3.63) is 41.2 Å². The first-order valence-corrected chi connectivity index (χ1v) is 8.77. The molecule has 1 aromatic heterocycles. The second-order valence-corrected chi connectivity index (χ2v) is 6.71. The number of fused-ring (bicyclic) bond motifs is 1. The van der Waals surface area contributed by atoms with Crippen LogP contribution in [0.4, 0.5) is 0 Å².